The first-order valence-corrected chi connectivity index (χ1v) is 8.61. The monoisotopic (exact) mass is 285 g/mol. The number of benzene rings is 1. The van der Waals surface area contributed by atoms with Crippen LogP contribution in [0.5, 0.6) is 0 Å². The highest BCUT2D eigenvalue weighted by Gasteiger charge is 2.42. The molecule has 2 aliphatic heterocycles. The third-order valence-corrected chi connectivity index (χ3v) is 5.69. The second-order valence-corrected chi connectivity index (χ2v) is 7.14. The minimum Gasteiger partial charge on any atom is -0.315 e. The Bertz CT molecular complexity index is 455. The van der Waals surface area contributed by atoms with Crippen LogP contribution in [0.25, 0.3) is 0 Å². The molecule has 3 heteroatoms. The normalized spacial score (nSPS) is 36.2. The maximum atomic E-state index is 3.94. The Hall–Kier alpha value is -0.900. The van der Waals surface area contributed by atoms with Crippen molar-refractivity contribution in [1.82, 2.24) is 15.5 Å². The summed E-state index contributed by atoms with van der Waals surface area (Å²) in [5.41, 5.74) is 1.46. The summed E-state index contributed by atoms with van der Waals surface area (Å²) in [5.74, 6) is 1.81. The maximum Gasteiger partial charge on any atom is 0.0233 e. The molecule has 1 saturated carbocycles. The number of nitrogens with zero attached hydrogens (tertiary/aromatic N) is 1. The lowest BCUT2D eigenvalue weighted by Crippen LogP contribution is -2.43. The first kappa shape index (κ1) is 13.7. The van der Waals surface area contributed by atoms with Crippen LogP contribution in [-0.4, -0.2) is 43.2 Å². The molecule has 2 N–H and O–H groups in total. The zero-order valence-corrected chi connectivity index (χ0v) is 12.8. The lowest BCUT2D eigenvalue weighted by Gasteiger charge is -2.24. The molecule has 3 aliphatic rings. The van der Waals surface area contributed by atoms with E-state index in [2.05, 4.69) is 45.9 Å². The van der Waals surface area contributed by atoms with Gasteiger partial charge in [0, 0.05) is 38.3 Å². The van der Waals surface area contributed by atoms with Gasteiger partial charge in [-0.05, 0) is 43.2 Å². The maximum absolute atomic E-state index is 3.94. The van der Waals surface area contributed by atoms with E-state index in [0.29, 0.717) is 0 Å². The number of hydrogen-bond donors (Lipinski definition) is 2. The number of likely N-dealkylation sites (tertiary alicyclic amines) is 1. The van der Waals surface area contributed by atoms with Gasteiger partial charge in [-0.2, -0.15) is 0 Å². The Balaban J connectivity index is 1.34. The molecule has 4 unspecified atom stereocenters. The summed E-state index contributed by atoms with van der Waals surface area (Å²) < 4.78 is 0. The predicted molar refractivity (Wildman–Crippen MR) is 86.1 cm³/mol. The molecule has 0 aromatic heterocycles. The Morgan fingerprint density at radius 3 is 2.81 bits per heavy atom. The van der Waals surface area contributed by atoms with Crippen molar-refractivity contribution in [1.29, 1.82) is 0 Å². The Labute approximate surface area is 128 Å². The number of fused-ring (bicyclic) bond motifs is 1. The molecule has 2 saturated heterocycles. The average Bonchev–Trinajstić information content (AvgIpc) is 3.20. The molecule has 0 spiro atoms. The lowest BCUT2D eigenvalue weighted by molar-refractivity contribution is 0.283. The molecule has 4 atom stereocenters. The van der Waals surface area contributed by atoms with Crippen LogP contribution >= 0.6 is 0 Å². The van der Waals surface area contributed by atoms with E-state index in [1.54, 1.807) is 0 Å². The molecule has 0 amide bonds. The number of hydrogen-bond acceptors (Lipinski definition) is 3. The molecule has 1 aliphatic carbocycles. The summed E-state index contributed by atoms with van der Waals surface area (Å²) in [4.78, 5) is 2.67. The number of nitrogens with one attached hydrogen (secondary N) is 2. The summed E-state index contributed by atoms with van der Waals surface area (Å²) in [6, 6.07) is 12.4. The molecule has 0 bridgehead atoms. The average molecular weight is 285 g/mol. The smallest absolute Gasteiger partial charge is 0.0233 e. The van der Waals surface area contributed by atoms with Crippen LogP contribution in [0.4, 0.5) is 0 Å². The molecule has 1 aromatic rings. The second kappa shape index (κ2) is 6.07. The summed E-state index contributed by atoms with van der Waals surface area (Å²) in [6.07, 6.45) is 4.13. The van der Waals surface area contributed by atoms with Crippen LogP contribution in [0.1, 0.15) is 24.8 Å². The zero-order chi connectivity index (χ0) is 14.1. The largest absolute Gasteiger partial charge is 0.315 e. The van der Waals surface area contributed by atoms with E-state index in [1.165, 1.54) is 51.0 Å². The van der Waals surface area contributed by atoms with Crippen molar-refractivity contribution < 1.29 is 0 Å². The second-order valence-electron chi connectivity index (χ2n) is 7.14. The molecule has 3 nitrogen and oxygen atoms in total. The van der Waals surface area contributed by atoms with Gasteiger partial charge >= 0.3 is 0 Å². The van der Waals surface area contributed by atoms with Gasteiger partial charge in [0.1, 0.15) is 0 Å². The molecule has 3 fully saturated rings. The van der Waals surface area contributed by atoms with Gasteiger partial charge in [-0.25, -0.2) is 0 Å². The fourth-order valence-corrected chi connectivity index (χ4v) is 4.63. The van der Waals surface area contributed by atoms with Gasteiger partial charge in [0.15, 0.2) is 0 Å². The van der Waals surface area contributed by atoms with E-state index in [9.17, 15) is 0 Å². The summed E-state index contributed by atoms with van der Waals surface area (Å²) in [5, 5.41) is 7.42. The van der Waals surface area contributed by atoms with Crippen molar-refractivity contribution in [2.75, 3.05) is 26.2 Å². The fraction of sp³-hybridized carbons (Fsp3) is 0.667. The molecule has 1 aromatic carbocycles. The van der Waals surface area contributed by atoms with Gasteiger partial charge < -0.3 is 10.6 Å². The Morgan fingerprint density at radius 1 is 1.10 bits per heavy atom. The van der Waals surface area contributed by atoms with Crippen LogP contribution in [-0.2, 0) is 6.54 Å². The van der Waals surface area contributed by atoms with Crippen molar-refractivity contribution in [3.63, 3.8) is 0 Å². The molecular weight excluding hydrogens is 258 g/mol. The predicted octanol–water partition coefficient (Wildman–Crippen LogP) is 1.85. The van der Waals surface area contributed by atoms with E-state index in [4.69, 9.17) is 0 Å². The summed E-state index contributed by atoms with van der Waals surface area (Å²) in [6.45, 7) is 6.09. The highest BCUT2D eigenvalue weighted by molar-refractivity contribution is 5.15. The van der Waals surface area contributed by atoms with Crippen molar-refractivity contribution >= 4 is 0 Å². The van der Waals surface area contributed by atoms with E-state index >= 15 is 0 Å². The highest BCUT2D eigenvalue weighted by atomic mass is 15.2. The minimum atomic E-state index is 0.719. The Morgan fingerprint density at radius 2 is 2.00 bits per heavy atom. The molecule has 114 valence electrons. The van der Waals surface area contributed by atoms with Gasteiger partial charge in [-0.3, -0.25) is 4.90 Å². The van der Waals surface area contributed by atoms with Crippen molar-refractivity contribution in [3.8, 4) is 0 Å². The van der Waals surface area contributed by atoms with E-state index < -0.39 is 0 Å². The standard InChI is InChI=1S/C18H27N3/c1-2-4-14(5-3-1)11-21-12-15-6-7-18(17(15)13-21)20-16-8-9-19-10-16/h1-5,15-20H,6-13H2. The first-order chi connectivity index (χ1) is 10.4. The van der Waals surface area contributed by atoms with Crippen molar-refractivity contribution in [2.24, 2.45) is 11.8 Å². The van der Waals surface area contributed by atoms with Crippen LogP contribution in [0.3, 0.4) is 0 Å². The van der Waals surface area contributed by atoms with Gasteiger partial charge in [-0.1, -0.05) is 30.3 Å². The van der Waals surface area contributed by atoms with Gasteiger partial charge in [0.25, 0.3) is 0 Å². The third kappa shape index (κ3) is 3.01. The van der Waals surface area contributed by atoms with E-state index in [0.717, 1.165) is 30.5 Å². The highest BCUT2D eigenvalue weighted by Crippen LogP contribution is 2.39. The molecule has 0 radical (unpaired) electrons. The molecule has 4 rings (SSSR count). The van der Waals surface area contributed by atoms with Crippen LogP contribution < -0.4 is 10.6 Å². The van der Waals surface area contributed by atoms with E-state index in [-0.39, 0.29) is 0 Å². The van der Waals surface area contributed by atoms with E-state index in [1.807, 2.05) is 0 Å². The van der Waals surface area contributed by atoms with Gasteiger partial charge in [0.2, 0.25) is 0 Å². The molecular formula is C18H27N3. The fourth-order valence-electron chi connectivity index (χ4n) is 4.63. The number of rotatable bonds is 4. The first-order valence-electron chi connectivity index (χ1n) is 8.61. The minimum absolute atomic E-state index is 0.719. The Kier molecular flexibility index (Phi) is 3.97. The summed E-state index contributed by atoms with van der Waals surface area (Å²) in [7, 11) is 0. The van der Waals surface area contributed by atoms with Crippen molar-refractivity contribution in [2.45, 2.75) is 37.9 Å². The zero-order valence-electron chi connectivity index (χ0n) is 12.8. The van der Waals surface area contributed by atoms with Crippen LogP contribution in [0, 0.1) is 11.8 Å². The topological polar surface area (TPSA) is 27.3 Å². The van der Waals surface area contributed by atoms with Crippen molar-refractivity contribution in [3.05, 3.63) is 35.9 Å². The molecule has 21 heavy (non-hydrogen) atoms. The van der Waals surface area contributed by atoms with Gasteiger partial charge in [0.05, 0.1) is 0 Å². The lowest BCUT2D eigenvalue weighted by atomic mass is 9.97. The third-order valence-electron chi connectivity index (χ3n) is 5.69. The quantitative estimate of drug-likeness (QED) is 0.884. The molecule has 2 heterocycles. The SMILES string of the molecule is c1ccc(CN2CC3CCC(NC4CCNC4)C3C2)cc1. The van der Waals surface area contributed by atoms with Gasteiger partial charge in [-0.15, -0.1) is 0 Å². The van der Waals surface area contributed by atoms with Crippen LogP contribution in [0.2, 0.25) is 0 Å². The summed E-state index contributed by atoms with van der Waals surface area (Å²) >= 11 is 0. The van der Waals surface area contributed by atoms with Crippen LogP contribution in [0.15, 0.2) is 30.3 Å².